The first-order chi connectivity index (χ1) is 19.2. The van der Waals surface area contributed by atoms with Gasteiger partial charge >= 0.3 is 0 Å². The highest BCUT2D eigenvalue weighted by Crippen LogP contribution is 2.31. The standard InChI is InChI=1S/C34H33ClN4/c35-28-16-17-31-32(20-28)38-33(39-34(31)37-22-25-6-3-5-24(19-25)21-36)18-13-23-11-14-27(15-12-23)30-10-4-8-26-7-1-2-9-29(26)30/h1-2,4,7-18,20,24-25H,3,5-6,19,21-22,36H2,(H,37,38,39)/b18-13+. The van der Waals surface area contributed by atoms with Crippen LogP contribution in [0.3, 0.4) is 0 Å². The summed E-state index contributed by atoms with van der Waals surface area (Å²) in [5, 5.41) is 7.80. The topological polar surface area (TPSA) is 63.8 Å². The smallest absolute Gasteiger partial charge is 0.154 e. The third-order valence-corrected chi connectivity index (χ3v) is 8.13. The van der Waals surface area contributed by atoms with Crippen LogP contribution in [0.4, 0.5) is 5.82 Å². The molecule has 5 aromatic rings. The molecular weight excluding hydrogens is 500 g/mol. The van der Waals surface area contributed by atoms with Crippen molar-refractivity contribution in [2.45, 2.75) is 25.7 Å². The Balaban J connectivity index is 1.24. The van der Waals surface area contributed by atoms with E-state index in [1.54, 1.807) is 0 Å². The van der Waals surface area contributed by atoms with Gasteiger partial charge in [0.15, 0.2) is 5.82 Å². The van der Waals surface area contributed by atoms with Gasteiger partial charge in [0.25, 0.3) is 0 Å². The molecule has 1 aromatic heterocycles. The number of rotatable bonds is 7. The molecule has 6 rings (SSSR count). The van der Waals surface area contributed by atoms with Crippen molar-refractivity contribution < 1.29 is 0 Å². The summed E-state index contributed by atoms with van der Waals surface area (Å²) in [6.07, 6.45) is 8.96. The molecule has 0 saturated heterocycles. The minimum atomic E-state index is 0.615. The number of anilines is 1. The lowest BCUT2D eigenvalue weighted by Gasteiger charge is -2.28. The predicted octanol–water partition coefficient (Wildman–Crippen LogP) is 8.45. The van der Waals surface area contributed by atoms with E-state index in [9.17, 15) is 0 Å². The Morgan fingerprint density at radius 1 is 0.846 bits per heavy atom. The van der Waals surface area contributed by atoms with Gasteiger partial charge in [-0.2, -0.15) is 0 Å². The van der Waals surface area contributed by atoms with Crippen LogP contribution in [0.15, 0.2) is 84.9 Å². The lowest BCUT2D eigenvalue weighted by molar-refractivity contribution is 0.281. The third-order valence-electron chi connectivity index (χ3n) is 7.90. The monoisotopic (exact) mass is 532 g/mol. The largest absolute Gasteiger partial charge is 0.369 e. The summed E-state index contributed by atoms with van der Waals surface area (Å²) in [5.41, 5.74) is 10.3. The first-order valence-corrected chi connectivity index (χ1v) is 14.2. The molecule has 0 bridgehead atoms. The summed E-state index contributed by atoms with van der Waals surface area (Å²) in [7, 11) is 0. The molecule has 0 aliphatic heterocycles. The fourth-order valence-electron chi connectivity index (χ4n) is 5.79. The minimum Gasteiger partial charge on any atom is -0.369 e. The molecule has 0 radical (unpaired) electrons. The van der Waals surface area contributed by atoms with E-state index >= 15 is 0 Å². The van der Waals surface area contributed by atoms with Gasteiger partial charge in [-0.15, -0.1) is 0 Å². The zero-order chi connectivity index (χ0) is 26.6. The molecule has 4 nitrogen and oxygen atoms in total. The van der Waals surface area contributed by atoms with Crippen LogP contribution in [-0.4, -0.2) is 23.1 Å². The Bertz CT molecular complexity index is 1620. The van der Waals surface area contributed by atoms with Gasteiger partial charge in [-0.05, 0) is 89.4 Å². The van der Waals surface area contributed by atoms with Crippen LogP contribution < -0.4 is 11.1 Å². The molecule has 3 N–H and O–H groups in total. The summed E-state index contributed by atoms with van der Waals surface area (Å²) in [4.78, 5) is 9.68. The average Bonchev–Trinajstić information content (AvgIpc) is 2.98. The van der Waals surface area contributed by atoms with Crippen LogP contribution in [0.5, 0.6) is 0 Å². The third kappa shape index (κ3) is 5.83. The Hall–Kier alpha value is -3.73. The molecule has 39 heavy (non-hydrogen) atoms. The number of nitrogens with one attached hydrogen (secondary N) is 1. The van der Waals surface area contributed by atoms with E-state index in [1.807, 2.05) is 24.3 Å². The van der Waals surface area contributed by atoms with Crippen molar-refractivity contribution >= 4 is 51.2 Å². The lowest BCUT2D eigenvalue weighted by atomic mass is 9.81. The molecule has 0 amide bonds. The van der Waals surface area contributed by atoms with Crippen molar-refractivity contribution in [2.75, 3.05) is 18.4 Å². The molecule has 1 aliphatic rings. The van der Waals surface area contributed by atoms with Crippen molar-refractivity contribution in [1.82, 2.24) is 9.97 Å². The summed E-state index contributed by atoms with van der Waals surface area (Å²) >= 11 is 6.32. The lowest BCUT2D eigenvalue weighted by Crippen LogP contribution is -2.26. The van der Waals surface area contributed by atoms with E-state index in [-0.39, 0.29) is 0 Å². The molecule has 1 aliphatic carbocycles. The van der Waals surface area contributed by atoms with Crippen molar-refractivity contribution in [3.05, 3.63) is 101 Å². The number of benzene rings is 4. The van der Waals surface area contributed by atoms with Crippen molar-refractivity contribution in [1.29, 1.82) is 0 Å². The highest BCUT2D eigenvalue weighted by Gasteiger charge is 2.21. The van der Waals surface area contributed by atoms with Gasteiger partial charge in [-0.3, -0.25) is 0 Å². The van der Waals surface area contributed by atoms with Crippen LogP contribution >= 0.6 is 11.6 Å². The maximum Gasteiger partial charge on any atom is 0.154 e. The van der Waals surface area contributed by atoms with E-state index in [0.717, 1.165) is 35.4 Å². The first-order valence-electron chi connectivity index (χ1n) is 13.8. The highest BCUT2D eigenvalue weighted by molar-refractivity contribution is 6.31. The van der Waals surface area contributed by atoms with Gasteiger partial charge in [0, 0.05) is 17.0 Å². The van der Waals surface area contributed by atoms with Crippen LogP contribution in [0.1, 0.15) is 37.1 Å². The Morgan fingerprint density at radius 2 is 1.67 bits per heavy atom. The number of halogens is 1. The number of hydrogen-bond donors (Lipinski definition) is 2. The van der Waals surface area contributed by atoms with Crippen LogP contribution in [0.25, 0.3) is 45.0 Å². The second kappa shape index (κ2) is 11.6. The minimum absolute atomic E-state index is 0.615. The fraction of sp³-hybridized carbons (Fsp3) is 0.235. The summed E-state index contributed by atoms with van der Waals surface area (Å²) in [5.74, 6) is 2.77. The van der Waals surface area contributed by atoms with Crippen molar-refractivity contribution in [3.63, 3.8) is 0 Å². The first kappa shape index (κ1) is 25.5. The Morgan fingerprint density at radius 3 is 2.54 bits per heavy atom. The normalized spacial score (nSPS) is 17.7. The van der Waals surface area contributed by atoms with Crippen molar-refractivity contribution in [3.8, 4) is 11.1 Å². The quantitative estimate of drug-likeness (QED) is 0.221. The molecule has 1 heterocycles. The number of nitrogens with zero attached hydrogens (tertiary/aromatic N) is 2. The van der Waals surface area contributed by atoms with E-state index in [1.165, 1.54) is 47.6 Å². The maximum atomic E-state index is 6.32. The second-order valence-corrected chi connectivity index (χ2v) is 11.0. The molecule has 2 atom stereocenters. The molecule has 0 spiro atoms. The van der Waals surface area contributed by atoms with Gasteiger partial charge in [-0.25, -0.2) is 9.97 Å². The molecule has 5 heteroatoms. The van der Waals surface area contributed by atoms with E-state index in [0.29, 0.717) is 22.7 Å². The maximum absolute atomic E-state index is 6.32. The van der Waals surface area contributed by atoms with Crippen LogP contribution in [0, 0.1) is 11.8 Å². The van der Waals surface area contributed by atoms with E-state index in [2.05, 4.69) is 78.1 Å². The Labute approximate surface area is 234 Å². The molecule has 1 saturated carbocycles. The van der Waals surface area contributed by atoms with Gasteiger partial charge in [0.05, 0.1) is 5.52 Å². The van der Waals surface area contributed by atoms with Crippen LogP contribution in [-0.2, 0) is 0 Å². The number of hydrogen-bond acceptors (Lipinski definition) is 4. The van der Waals surface area contributed by atoms with Crippen LogP contribution in [0.2, 0.25) is 5.02 Å². The molecule has 1 fully saturated rings. The summed E-state index contributed by atoms with van der Waals surface area (Å²) in [6.45, 7) is 1.67. The second-order valence-electron chi connectivity index (χ2n) is 10.6. The van der Waals surface area contributed by atoms with Gasteiger partial charge in [0.1, 0.15) is 5.82 Å². The molecule has 2 unspecified atom stereocenters. The summed E-state index contributed by atoms with van der Waals surface area (Å²) < 4.78 is 0. The van der Waals surface area contributed by atoms with E-state index in [4.69, 9.17) is 27.3 Å². The zero-order valence-electron chi connectivity index (χ0n) is 22.0. The number of fused-ring (bicyclic) bond motifs is 2. The zero-order valence-corrected chi connectivity index (χ0v) is 22.7. The average molecular weight is 533 g/mol. The summed E-state index contributed by atoms with van der Waals surface area (Å²) in [6, 6.07) is 29.4. The number of aromatic nitrogens is 2. The number of nitrogens with two attached hydrogens (primary N) is 1. The predicted molar refractivity (Wildman–Crippen MR) is 166 cm³/mol. The molecule has 196 valence electrons. The van der Waals surface area contributed by atoms with Crippen molar-refractivity contribution in [2.24, 2.45) is 17.6 Å². The molecule has 4 aromatic carbocycles. The van der Waals surface area contributed by atoms with Gasteiger partial charge in [-0.1, -0.05) is 90.8 Å². The fourth-order valence-corrected chi connectivity index (χ4v) is 5.96. The SMILES string of the molecule is NCC1CCCC(CNc2nc(/C=C/c3ccc(-c4cccc5ccccc45)cc3)nc3cc(Cl)ccc23)C1. The Kier molecular flexibility index (Phi) is 7.57. The highest BCUT2D eigenvalue weighted by atomic mass is 35.5. The van der Waals surface area contributed by atoms with Gasteiger partial charge in [0.2, 0.25) is 0 Å². The van der Waals surface area contributed by atoms with Gasteiger partial charge < -0.3 is 11.1 Å². The molecular formula is C34H33ClN4. The van der Waals surface area contributed by atoms with E-state index < -0.39 is 0 Å².